The van der Waals surface area contributed by atoms with E-state index in [2.05, 4.69) is 15.7 Å². The average molecular weight is 432 g/mol. The van der Waals surface area contributed by atoms with Crippen molar-refractivity contribution in [2.75, 3.05) is 24.9 Å². The molecule has 2 N–H and O–H groups in total. The van der Waals surface area contributed by atoms with Crippen LogP contribution < -0.4 is 20.1 Å². The second-order valence-electron chi connectivity index (χ2n) is 6.76. The summed E-state index contributed by atoms with van der Waals surface area (Å²) in [5.74, 6) is 0.653. The largest absolute Gasteiger partial charge is 0.495 e. The molecule has 0 fully saturated rings. The Balaban J connectivity index is 1.76. The molecule has 0 unspecified atom stereocenters. The molecule has 0 radical (unpaired) electrons. The lowest BCUT2D eigenvalue weighted by Crippen LogP contribution is -2.17. The summed E-state index contributed by atoms with van der Waals surface area (Å²) < 4.78 is 26.2. The van der Waals surface area contributed by atoms with Gasteiger partial charge in [0.1, 0.15) is 23.1 Å². The monoisotopic (exact) mass is 432 g/mol. The van der Waals surface area contributed by atoms with Crippen molar-refractivity contribution in [1.29, 1.82) is 0 Å². The summed E-state index contributed by atoms with van der Waals surface area (Å²) in [5, 5.41) is 10.7. The fraction of sp³-hybridized carbons (Fsp3) is 0.0833. The molecule has 162 valence electrons. The number of benzene rings is 3. The van der Waals surface area contributed by atoms with Gasteiger partial charge in [0.2, 0.25) is 0 Å². The molecule has 4 aromatic rings. The van der Waals surface area contributed by atoms with Crippen molar-refractivity contribution in [3.05, 3.63) is 90.2 Å². The van der Waals surface area contributed by atoms with E-state index in [0.717, 1.165) is 4.68 Å². The number of rotatable bonds is 7. The first-order chi connectivity index (χ1) is 15.6. The second-order valence-corrected chi connectivity index (χ2v) is 6.76. The maximum Gasteiger partial charge on any atom is 0.283 e. The van der Waals surface area contributed by atoms with Crippen LogP contribution in [0.1, 0.15) is 10.4 Å². The first-order valence-corrected chi connectivity index (χ1v) is 9.80. The van der Waals surface area contributed by atoms with Crippen LogP contribution in [0.25, 0.3) is 0 Å². The SMILES string of the molecule is COc1ccccc1Nc1cc(Nc2ccccc2OC)n(C(=O)c2ccccc2F)n1. The highest BCUT2D eigenvalue weighted by Gasteiger charge is 2.20. The van der Waals surface area contributed by atoms with Crippen molar-refractivity contribution in [3.8, 4) is 11.5 Å². The number of nitrogens with zero attached hydrogens (tertiary/aromatic N) is 2. The fourth-order valence-corrected chi connectivity index (χ4v) is 3.21. The van der Waals surface area contributed by atoms with Gasteiger partial charge < -0.3 is 20.1 Å². The first kappa shape index (κ1) is 20.9. The van der Waals surface area contributed by atoms with E-state index < -0.39 is 11.7 Å². The number of carbonyl (C=O) groups is 1. The molecule has 1 aromatic heterocycles. The van der Waals surface area contributed by atoms with Crippen LogP contribution in [0.3, 0.4) is 0 Å². The number of anilines is 4. The van der Waals surface area contributed by atoms with Gasteiger partial charge in [0.25, 0.3) is 5.91 Å². The quantitative estimate of drug-likeness (QED) is 0.417. The molecule has 8 heteroatoms. The van der Waals surface area contributed by atoms with Crippen LogP contribution in [0, 0.1) is 5.82 Å². The first-order valence-electron chi connectivity index (χ1n) is 9.80. The van der Waals surface area contributed by atoms with E-state index in [-0.39, 0.29) is 5.56 Å². The molecule has 0 aliphatic rings. The summed E-state index contributed by atoms with van der Waals surface area (Å²) in [7, 11) is 3.12. The Kier molecular flexibility index (Phi) is 6.03. The van der Waals surface area contributed by atoms with Crippen LogP contribution in [0.4, 0.5) is 27.4 Å². The molecule has 0 aliphatic carbocycles. The topological polar surface area (TPSA) is 77.4 Å². The zero-order valence-corrected chi connectivity index (χ0v) is 17.5. The molecule has 0 bridgehead atoms. The molecule has 0 atom stereocenters. The van der Waals surface area contributed by atoms with E-state index in [1.807, 2.05) is 30.3 Å². The number of halogens is 1. The van der Waals surface area contributed by atoms with Crippen LogP contribution in [-0.2, 0) is 0 Å². The number of ether oxygens (including phenoxy) is 2. The van der Waals surface area contributed by atoms with Gasteiger partial charge >= 0.3 is 0 Å². The molecule has 0 aliphatic heterocycles. The van der Waals surface area contributed by atoms with Crippen LogP contribution in [0.15, 0.2) is 78.9 Å². The molecule has 0 spiro atoms. The predicted octanol–water partition coefficient (Wildman–Crippen LogP) is 5.22. The summed E-state index contributed by atoms with van der Waals surface area (Å²) in [6.07, 6.45) is 0. The minimum absolute atomic E-state index is 0.0949. The molecule has 0 saturated carbocycles. The Morgan fingerprint density at radius 1 is 0.844 bits per heavy atom. The third-order valence-corrected chi connectivity index (χ3v) is 4.75. The minimum atomic E-state index is -0.629. The molecule has 3 aromatic carbocycles. The zero-order valence-electron chi connectivity index (χ0n) is 17.5. The summed E-state index contributed by atoms with van der Waals surface area (Å²) >= 11 is 0. The zero-order chi connectivity index (χ0) is 22.5. The van der Waals surface area contributed by atoms with Crippen molar-refractivity contribution in [2.24, 2.45) is 0 Å². The molecule has 4 rings (SSSR count). The second kappa shape index (κ2) is 9.22. The van der Waals surface area contributed by atoms with E-state index >= 15 is 0 Å². The van der Waals surface area contributed by atoms with Crippen molar-refractivity contribution >= 4 is 28.9 Å². The number of para-hydroxylation sites is 4. The summed E-state index contributed by atoms with van der Waals surface area (Å²) in [5.41, 5.74) is 1.20. The summed E-state index contributed by atoms with van der Waals surface area (Å²) in [4.78, 5) is 13.2. The number of hydrogen-bond acceptors (Lipinski definition) is 6. The normalized spacial score (nSPS) is 10.5. The predicted molar refractivity (Wildman–Crippen MR) is 121 cm³/mol. The highest BCUT2D eigenvalue weighted by Crippen LogP contribution is 2.31. The van der Waals surface area contributed by atoms with Crippen molar-refractivity contribution in [2.45, 2.75) is 0 Å². The van der Waals surface area contributed by atoms with E-state index in [1.54, 1.807) is 44.6 Å². The summed E-state index contributed by atoms with van der Waals surface area (Å²) in [6, 6.07) is 22.0. The number of hydrogen-bond donors (Lipinski definition) is 2. The third-order valence-electron chi connectivity index (χ3n) is 4.75. The Bertz CT molecular complexity index is 1260. The molecule has 7 nitrogen and oxygen atoms in total. The van der Waals surface area contributed by atoms with E-state index in [4.69, 9.17) is 9.47 Å². The Hall–Kier alpha value is -4.33. The van der Waals surface area contributed by atoms with Gasteiger partial charge in [-0.2, -0.15) is 4.68 Å². The lowest BCUT2D eigenvalue weighted by atomic mass is 10.2. The van der Waals surface area contributed by atoms with Crippen LogP contribution in [0.2, 0.25) is 0 Å². The van der Waals surface area contributed by atoms with Gasteiger partial charge in [0.05, 0.1) is 31.2 Å². The number of nitrogens with one attached hydrogen (secondary N) is 2. The lowest BCUT2D eigenvalue weighted by molar-refractivity contribution is 0.0944. The highest BCUT2D eigenvalue weighted by molar-refractivity contribution is 5.98. The van der Waals surface area contributed by atoms with E-state index in [1.165, 1.54) is 18.2 Å². The van der Waals surface area contributed by atoms with Crippen LogP contribution in [-0.4, -0.2) is 29.9 Å². The average Bonchev–Trinajstić information content (AvgIpc) is 3.21. The van der Waals surface area contributed by atoms with Crippen LogP contribution in [0.5, 0.6) is 11.5 Å². The van der Waals surface area contributed by atoms with Crippen molar-refractivity contribution in [1.82, 2.24) is 9.78 Å². The Morgan fingerprint density at radius 2 is 1.41 bits per heavy atom. The Labute approximate surface area is 184 Å². The molecular weight excluding hydrogens is 411 g/mol. The van der Waals surface area contributed by atoms with Crippen molar-refractivity contribution < 1.29 is 18.7 Å². The smallest absolute Gasteiger partial charge is 0.283 e. The van der Waals surface area contributed by atoms with Gasteiger partial charge in [-0.1, -0.05) is 36.4 Å². The van der Waals surface area contributed by atoms with Gasteiger partial charge in [-0.25, -0.2) is 4.39 Å². The minimum Gasteiger partial charge on any atom is -0.495 e. The number of carbonyl (C=O) groups excluding carboxylic acids is 1. The highest BCUT2D eigenvalue weighted by atomic mass is 19.1. The fourth-order valence-electron chi connectivity index (χ4n) is 3.21. The van der Waals surface area contributed by atoms with Crippen LogP contribution >= 0.6 is 0 Å². The van der Waals surface area contributed by atoms with E-state index in [0.29, 0.717) is 34.5 Å². The molecule has 1 heterocycles. The Morgan fingerprint density at radius 3 is 2.03 bits per heavy atom. The van der Waals surface area contributed by atoms with Gasteiger partial charge in [0, 0.05) is 6.07 Å². The maximum absolute atomic E-state index is 14.3. The standard InChI is InChI=1S/C24H21FN4O3/c1-31-20-13-7-5-11-18(20)26-22-15-23(27-19-12-6-8-14-21(19)32-2)29(28-22)24(30)16-9-3-4-10-17(16)25/h3-15,27H,1-2H3,(H,26,28). The molecule has 0 amide bonds. The maximum atomic E-state index is 14.3. The van der Waals surface area contributed by atoms with Gasteiger partial charge in [-0.05, 0) is 36.4 Å². The lowest BCUT2D eigenvalue weighted by Gasteiger charge is -2.12. The van der Waals surface area contributed by atoms with Gasteiger partial charge in [-0.15, -0.1) is 5.10 Å². The van der Waals surface area contributed by atoms with Gasteiger partial charge in [-0.3, -0.25) is 4.79 Å². The molecule has 32 heavy (non-hydrogen) atoms. The number of methoxy groups -OCH3 is 2. The van der Waals surface area contributed by atoms with E-state index in [9.17, 15) is 9.18 Å². The third kappa shape index (κ3) is 4.24. The number of aromatic nitrogens is 2. The molecule has 0 saturated heterocycles. The molecular formula is C24H21FN4O3. The summed E-state index contributed by atoms with van der Waals surface area (Å²) in [6.45, 7) is 0. The van der Waals surface area contributed by atoms with Crippen molar-refractivity contribution in [3.63, 3.8) is 0 Å². The van der Waals surface area contributed by atoms with Gasteiger partial charge in [0.15, 0.2) is 5.82 Å².